The fourth-order valence-corrected chi connectivity index (χ4v) is 3.45. The lowest BCUT2D eigenvalue weighted by Crippen LogP contribution is -2.28. The monoisotopic (exact) mass is 347 g/mol. The molecule has 25 heavy (non-hydrogen) atoms. The van der Waals surface area contributed by atoms with Crippen LogP contribution in [0.3, 0.4) is 0 Å². The molecule has 0 amide bonds. The Bertz CT molecular complexity index is 900. The molecule has 0 saturated heterocycles. The van der Waals surface area contributed by atoms with Crippen LogP contribution in [0.4, 0.5) is 8.78 Å². The number of amidine groups is 1. The van der Waals surface area contributed by atoms with Crippen molar-refractivity contribution in [1.29, 1.82) is 5.41 Å². The number of Topliss-reactive ketones (excluding diaryl/α,β-unsaturated/α-hetero) is 1. The third kappa shape index (κ3) is 2.74. The molecule has 5 nitrogen and oxygen atoms in total. The first-order valence-corrected chi connectivity index (χ1v) is 7.88. The lowest BCUT2D eigenvalue weighted by Gasteiger charge is -2.30. The quantitative estimate of drug-likeness (QED) is 0.442. The molecular weight excluding hydrogens is 328 g/mol. The molecule has 0 bridgehead atoms. The van der Waals surface area contributed by atoms with Crippen molar-refractivity contribution >= 4 is 11.6 Å². The van der Waals surface area contributed by atoms with E-state index in [0.29, 0.717) is 29.8 Å². The van der Waals surface area contributed by atoms with Gasteiger partial charge in [-0.1, -0.05) is 13.8 Å². The van der Waals surface area contributed by atoms with Gasteiger partial charge in [0.05, 0.1) is 11.3 Å². The van der Waals surface area contributed by atoms with E-state index in [1.807, 2.05) is 13.8 Å². The van der Waals surface area contributed by atoms with Crippen LogP contribution in [0.25, 0.3) is 5.69 Å². The van der Waals surface area contributed by atoms with Gasteiger partial charge in [0.25, 0.3) is 0 Å². The topological polar surface area (TPSA) is 78.1 Å². The van der Waals surface area contributed by atoms with E-state index in [4.69, 9.17) is 10.6 Å². The van der Waals surface area contributed by atoms with Crippen molar-refractivity contribution in [3.8, 4) is 5.69 Å². The number of carbonyl (C=O) groups is 1. The highest BCUT2D eigenvalue weighted by atomic mass is 19.2. The zero-order chi connectivity index (χ0) is 18.5. The van der Waals surface area contributed by atoms with Crippen LogP contribution in [-0.2, 0) is 6.42 Å². The van der Waals surface area contributed by atoms with Gasteiger partial charge in [-0.15, -0.1) is 0 Å². The maximum atomic E-state index is 14.7. The van der Waals surface area contributed by atoms with Crippen molar-refractivity contribution in [2.75, 3.05) is 0 Å². The predicted molar refractivity (Wildman–Crippen MR) is 88.6 cm³/mol. The molecule has 7 heteroatoms. The second-order valence-corrected chi connectivity index (χ2v) is 7.17. The summed E-state index contributed by atoms with van der Waals surface area (Å²) in [5.74, 6) is -3.00. The molecular formula is C18H19F2N3O2. The molecule has 1 aliphatic carbocycles. The van der Waals surface area contributed by atoms with Crippen molar-refractivity contribution in [3.05, 3.63) is 52.3 Å². The van der Waals surface area contributed by atoms with Gasteiger partial charge in [0.1, 0.15) is 0 Å². The van der Waals surface area contributed by atoms with Crippen LogP contribution >= 0.6 is 0 Å². The van der Waals surface area contributed by atoms with Gasteiger partial charge in [-0.3, -0.25) is 20.9 Å². The Balaban J connectivity index is 2.21. The Morgan fingerprint density at radius 3 is 2.60 bits per heavy atom. The van der Waals surface area contributed by atoms with E-state index in [9.17, 15) is 13.6 Å². The van der Waals surface area contributed by atoms with Crippen LogP contribution in [0.2, 0.25) is 0 Å². The Labute approximate surface area is 143 Å². The van der Waals surface area contributed by atoms with Gasteiger partial charge in [0, 0.05) is 23.4 Å². The van der Waals surface area contributed by atoms with Crippen LogP contribution in [0.5, 0.6) is 0 Å². The Kier molecular flexibility index (Phi) is 3.99. The molecule has 0 unspecified atom stereocenters. The molecule has 0 spiro atoms. The zero-order valence-corrected chi connectivity index (χ0v) is 14.2. The maximum absolute atomic E-state index is 14.7. The van der Waals surface area contributed by atoms with Gasteiger partial charge in [-0.25, -0.2) is 8.78 Å². The average molecular weight is 347 g/mol. The molecule has 0 atom stereocenters. The smallest absolute Gasteiger partial charge is 0.183 e. The molecule has 1 aromatic carbocycles. The number of carbonyl (C=O) groups excluding carboxylic acids is 1. The van der Waals surface area contributed by atoms with E-state index in [0.717, 1.165) is 0 Å². The van der Waals surface area contributed by atoms with Crippen molar-refractivity contribution in [3.63, 3.8) is 0 Å². The van der Waals surface area contributed by atoms with Crippen LogP contribution in [0, 0.1) is 29.4 Å². The number of benzene rings is 1. The third-order valence-corrected chi connectivity index (χ3v) is 4.56. The lowest BCUT2D eigenvalue weighted by molar-refractivity contribution is 0.0911. The summed E-state index contributed by atoms with van der Waals surface area (Å²) in [5.41, 5.74) is 2.70. The molecule has 1 aliphatic rings. The molecule has 3 rings (SSSR count). The largest absolute Gasteiger partial charge is 0.315 e. The fraction of sp³-hybridized carbons (Fsp3) is 0.333. The van der Waals surface area contributed by atoms with Crippen LogP contribution < -0.4 is 5.48 Å². The Hall–Kier alpha value is -2.54. The third-order valence-electron chi connectivity index (χ3n) is 4.56. The average Bonchev–Trinajstić information content (AvgIpc) is 2.85. The number of fused-ring (bicyclic) bond motifs is 1. The molecule has 2 aromatic rings. The van der Waals surface area contributed by atoms with Crippen molar-refractivity contribution in [2.45, 2.75) is 33.6 Å². The summed E-state index contributed by atoms with van der Waals surface area (Å²) in [6.07, 6.45) is 0.983. The van der Waals surface area contributed by atoms with E-state index in [1.54, 1.807) is 17.6 Å². The van der Waals surface area contributed by atoms with E-state index in [1.165, 1.54) is 17.6 Å². The van der Waals surface area contributed by atoms with Crippen LogP contribution in [0.15, 0.2) is 18.2 Å². The summed E-state index contributed by atoms with van der Waals surface area (Å²) in [5, 5.41) is 16.2. The predicted octanol–water partition coefficient (Wildman–Crippen LogP) is 3.52. The first-order valence-electron chi connectivity index (χ1n) is 7.88. The molecule has 132 valence electrons. The Morgan fingerprint density at radius 2 is 1.96 bits per heavy atom. The van der Waals surface area contributed by atoms with Gasteiger partial charge in [0.15, 0.2) is 23.3 Å². The molecule has 0 aliphatic heterocycles. The number of aromatic nitrogens is 1. The highest BCUT2D eigenvalue weighted by Gasteiger charge is 2.35. The van der Waals surface area contributed by atoms with Crippen molar-refractivity contribution < 1.29 is 18.8 Å². The minimum Gasteiger partial charge on any atom is -0.315 e. The number of hydrogen-bond acceptors (Lipinski definition) is 3. The van der Waals surface area contributed by atoms with Gasteiger partial charge >= 0.3 is 0 Å². The van der Waals surface area contributed by atoms with E-state index in [2.05, 4.69) is 0 Å². The minimum atomic E-state index is -1.23. The molecule has 3 N–H and O–H groups in total. The minimum absolute atomic E-state index is 0.00291. The first-order chi connectivity index (χ1) is 11.7. The second kappa shape index (κ2) is 5.77. The highest BCUT2D eigenvalue weighted by Crippen LogP contribution is 2.38. The molecule has 0 radical (unpaired) electrons. The summed E-state index contributed by atoms with van der Waals surface area (Å²) in [6.45, 7) is 5.67. The molecule has 0 fully saturated rings. The summed E-state index contributed by atoms with van der Waals surface area (Å²) in [7, 11) is 0. The number of rotatable bonds is 2. The number of nitrogens with one attached hydrogen (secondary N) is 2. The van der Waals surface area contributed by atoms with E-state index >= 15 is 0 Å². The van der Waals surface area contributed by atoms with E-state index < -0.39 is 17.5 Å². The van der Waals surface area contributed by atoms with Crippen molar-refractivity contribution in [2.24, 2.45) is 5.41 Å². The van der Waals surface area contributed by atoms with Crippen molar-refractivity contribution in [1.82, 2.24) is 10.0 Å². The summed E-state index contributed by atoms with van der Waals surface area (Å²) < 4.78 is 30.6. The van der Waals surface area contributed by atoms with Crippen LogP contribution in [-0.4, -0.2) is 21.4 Å². The number of hydroxylamine groups is 1. The lowest BCUT2D eigenvalue weighted by atomic mass is 9.76. The van der Waals surface area contributed by atoms with Gasteiger partial charge < -0.3 is 4.57 Å². The standard InChI is InChI=1S/C18H19F2N3O2/c1-9-6-11-13(7-18(2,3)8-14(11)24)23(9)12-5-4-10(17(21)22-25)15(19)16(12)20/h4-6,25H,7-8H2,1-3H3,(H2,21,22). The Morgan fingerprint density at radius 1 is 1.28 bits per heavy atom. The van der Waals surface area contributed by atoms with Gasteiger partial charge in [-0.05, 0) is 37.0 Å². The highest BCUT2D eigenvalue weighted by molar-refractivity contribution is 5.99. The molecule has 1 aromatic heterocycles. The number of ketones is 1. The number of nitrogens with zero attached hydrogens (tertiary/aromatic N) is 1. The van der Waals surface area contributed by atoms with Crippen LogP contribution in [0.1, 0.15) is 47.6 Å². The number of hydrogen-bond donors (Lipinski definition) is 3. The maximum Gasteiger partial charge on any atom is 0.183 e. The van der Waals surface area contributed by atoms with Gasteiger partial charge in [-0.2, -0.15) is 0 Å². The molecule has 0 saturated carbocycles. The normalized spacial score (nSPS) is 15.8. The SMILES string of the molecule is Cc1cc2c(n1-c1ccc(C(=N)NO)c(F)c1F)CC(C)(C)CC2=O. The summed E-state index contributed by atoms with van der Waals surface area (Å²) in [4.78, 5) is 12.4. The number of halogens is 2. The van der Waals surface area contributed by atoms with E-state index in [-0.39, 0.29) is 22.4 Å². The first kappa shape index (κ1) is 17.3. The molecule has 1 heterocycles. The summed E-state index contributed by atoms with van der Waals surface area (Å²) in [6, 6.07) is 4.27. The number of aryl methyl sites for hydroxylation is 1. The summed E-state index contributed by atoms with van der Waals surface area (Å²) >= 11 is 0. The zero-order valence-electron chi connectivity index (χ0n) is 14.2. The fourth-order valence-electron chi connectivity index (χ4n) is 3.45. The van der Waals surface area contributed by atoms with Gasteiger partial charge in [0.2, 0.25) is 0 Å². The second-order valence-electron chi connectivity index (χ2n) is 7.17.